The van der Waals surface area contributed by atoms with Crippen molar-refractivity contribution in [3.05, 3.63) is 57.9 Å². The van der Waals surface area contributed by atoms with Gasteiger partial charge in [0, 0.05) is 12.6 Å². The average Bonchev–Trinajstić information content (AvgIpc) is 2.83. The summed E-state index contributed by atoms with van der Waals surface area (Å²) in [5, 5.41) is 0. The zero-order valence-corrected chi connectivity index (χ0v) is 14.4. The minimum Gasteiger partial charge on any atom is -0.497 e. The van der Waals surface area contributed by atoms with Gasteiger partial charge in [-0.2, -0.15) is 4.99 Å². The smallest absolute Gasteiger partial charge is 0.279 e. The van der Waals surface area contributed by atoms with Crippen LogP contribution in [0.1, 0.15) is 21.5 Å². The Kier molecular flexibility index (Phi) is 4.05. The summed E-state index contributed by atoms with van der Waals surface area (Å²) in [5.74, 6) is 0.476. The molecule has 1 heterocycles. The fourth-order valence-corrected chi connectivity index (χ4v) is 3.87. The number of benzene rings is 2. The number of fused-ring (bicyclic) bond motifs is 1. The zero-order valence-electron chi connectivity index (χ0n) is 13.6. The molecule has 0 unspecified atom stereocenters. The molecule has 0 fully saturated rings. The molecule has 0 aliphatic heterocycles. The summed E-state index contributed by atoms with van der Waals surface area (Å²) in [6, 6.07) is 11.3. The lowest BCUT2D eigenvalue weighted by Crippen LogP contribution is -2.13. The van der Waals surface area contributed by atoms with Crippen LogP contribution in [0.4, 0.5) is 0 Å². The van der Waals surface area contributed by atoms with E-state index in [-0.39, 0.29) is 5.91 Å². The number of hydrogen-bond donors (Lipinski definition) is 0. The molecule has 0 bridgehead atoms. The molecule has 0 radical (unpaired) electrons. The first kappa shape index (κ1) is 15.5. The van der Waals surface area contributed by atoms with Crippen molar-refractivity contribution in [2.24, 2.45) is 12.0 Å². The number of carbonyl (C=O) groups excluding carboxylic acids is 1. The van der Waals surface area contributed by atoms with Crippen LogP contribution in [0.2, 0.25) is 0 Å². The molecule has 5 heteroatoms. The van der Waals surface area contributed by atoms with Gasteiger partial charge in [-0.15, -0.1) is 0 Å². The highest BCUT2D eigenvalue weighted by atomic mass is 32.1. The van der Waals surface area contributed by atoms with Gasteiger partial charge in [-0.25, -0.2) is 0 Å². The van der Waals surface area contributed by atoms with Gasteiger partial charge in [-0.05, 0) is 55.3 Å². The van der Waals surface area contributed by atoms with Crippen LogP contribution < -0.4 is 9.54 Å². The maximum atomic E-state index is 12.4. The number of methoxy groups -OCH3 is 1. The van der Waals surface area contributed by atoms with E-state index in [2.05, 4.69) is 31.0 Å². The van der Waals surface area contributed by atoms with Crippen LogP contribution in [-0.4, -0.2) is 17.6 Å². The number of hydrogen-bond acceptors (Lipinski definition) is 3. The molecule has 3 aromatic rings. The van der Waals surface area contributed by atoms with Crippen molar-refractivity contribution < 1.29 is 9.53 Å². The highest BCUT2D eigenvalue weighted by Gasteiger charge is 2.09. The molecule has 0 N–H and O–H groups in total. The number of rotatable bonds is 2. The second-order valence-electron chi connectivity index (χ2n) is 5.52. The lowest BCUT2D eigenvalue weighted by Gasteiger charge is -2.02. The Hall–Kier alpha value is -2.40. The Balaban J connectivity index is 2.08. The van der Waals surface area contributed by atoms with Gasteiger partial charge in [0.1, 0.15) is 5.75 Å². The number of carbonyl (C=O) groups is 1. The number of aromatic nitrogens is 1. The number of amides is 1. The fourth-order valence-electron chi connectivity index (χ4n) is 2.67. The molecule has 1 aromatic heterocycles. The molecule has 0 aliphatic carbocycles. The molecule has 0 saturated carbocycles. The van der Waals surface area contributed by atoms with E-state index in [0.717, 1.165) is 16.0 Å². The van der Waals surface area contributed by atoms with Crippen LogP contribution in [0.5, 0.6) is 5.75 Å². The minimum absolute atomic E-state index is 0.246. The maximum Gasteiger partial charge on any atom is 0.279 e. The summed E-state index contributed by atoms with van der Waals surface area (Å²) < 4.78 is 8.23. The predicted molar refractivity (Wildman–Crippen MR) is 93.2 cm³/mol. The molecular formula is C18H18N2O2S. The van der Waals surface area contributed by atoms with Gasteiger partial charge < -0.3 is 9.30 Å². The summed E-state index contributed by atoms with van der Waals surface area (Å²) in [4.78, 5) is 17.4. The highest BCUT2D eigenvalue weighted by Crippen LogP contribution is 2.22. The third-order valence-corrected chi connectivity index (χ3v) is 4.85. The topological polar surface area (TPSA) is 43.6 Å². The lowest BCUT2D eigenvalue weighted by molar-refractivity contribution is 0.0998. The van der Waals surface area contributed by atoms with Gasteiger partial charge in [0.2, 0.25) is 0 Å². The number of aryl methyl sites for hydroxylation is 3. The molecule has 0 saturated heterocycles. The first-order valence-electron chi connectivity index (χ1n) is 7.29. The quantitative estimate of drug-likeness (QED) is 0.722. The molecule has 0 atom stereocenters. The molecule has 2 aromatic carbocycles. The van der Waals surface area contributed by atoms with Crippen molar-refractivity contribution in [1.29, 1.82) is 0 Å². The highest BCUT2D eigenvalue weighted by molar-refractivity contribution is 7.16. The summed E-state index contributed by atoms with van der Waals surface area (Å²) in [5.41, 5.74) is 4.08. The van der Waals surface area contributed by atoms with E-state index >= 15 is 0 Å². The van der Waals surface area contributed by atoms with Crippen molar-refractivity contribution in [3.8, 4) is 5.75 Å². The summed E-state index contributed by atoms with van der Waals surface area (Å²) in [6.07, 6.45) is 0. The lowest BCUT2D eigenvalue weighted by atomic mass is 10.1. The predicted octanol–water partition coefficient (Wildman–Crippen LogP) is 3.61. The maximum absolute atomic E-state index is 12.4. The van der Waals surface area contributed by atoms with Crippen LogP contribution in [0.15, 0.2) is 41.4 Å². The molecular weight excluding hydrogens is 308 g/mol. The first-order valence-corrected chi connectivity index (χ1v) is 8.11. The van der Waals surface area contributed by atoms with E-state index in [9.17, 15) is 4.79 Å². The molecule has 4 nitrogen and oxygen atoms in total. The minimum atomic E-state index is -0.246. The Morgan fingerprint density at radius 3 is 2.52 bits per heavy atom. The Bertz CT molecular complexity index is 950. The monoisotopic (exact) mass is 326 g/mol. The first-order chi connectivity index (χ1) is 11.0. The van der Waals surface area contributed by atoms with E-state index in [4.69, 9.17) is 4.74 Å². The van der Waals surface area contributed by atoms with Gasteiger partial charge in [-0.3, -0.25) is 4.79 Å². The van der Waals surface area contributed by atoms with Crippen LogP contribution in [0.25, 0.3) is 10.2 Å². The molecule has 1 amide bonds. The molecule has 3 rings (SSSR count). The summed E-state index contributed by atoms with van der Waals surface area (Å²) in [6.45, 7) is 4.16. The number of ether oxygens (including phenoxy) is 1. The van der Waals surface area contributed by atoms with Crippen LogP contribution in [0.3, 0.4) is 0 Å². The van der Waals surface area contributed by atoms with Crippen molar-refractivity contribution >= 4 is 27.5 Å². The Labute approximate surface area is 138 Å². The van der Waals surface area contributed by atoms with Gasteiger partial charge in [0.25, 0.3) is 5.91 Å². The average molecular weight is 326 g/mol. The standard InChI is InChI=1S/C18H18N2O2S/c1-11-9-12(2)16-15(10-11)23-18(20(16)3)19-17(21)13-5-7-14(22-4)8-6-13/h5-10H,1-4H3. The molecule has 0 spiro atoms. The third-order valence-electron chi connectivity index (χ3n) is 3.77. The van der Waals surface area contributed by atoms with Crippen LogP contribution in [-0.2, 0) is 7.05 Å². The molecule has 0 aliphatic rings. The Morgan fingerprint density at radius 2 is 1.87 bits per heavy atom. The van der Waals surface area contributed by atoms with Gasteiger partial charge in [-0.1, -0.05) is 17.4 Å². The van der Waals surface area contributed by atoms with Crippen molar-refractivity contribution in [3.63, 3.8) is 0 Å². The van der Waals surface area contributed by atoms with Gasteiger partial charge in [0.15, 0.2) is 4.80 Å². The van der Waals surface area contributed by atoms with Crippen LogP contribution >= 0.6 is 11.3 Å². The van der Waals surface area contributed by atoms with Crippen LogP contribution in [0, 0.1) is 13.8 Å². The van der Waals surface area contributed by atoms with Crippen molar-refractivity contribution in [2.45, 2.75) is 13.8 Å². The third kappa shape index (κ3) is 2.92. The van der Waals surface area contributed by atoms with E-state index in [1.807, 2.05) is 11.6 Å². The SMILES string of the molecule is COc1ccc(C(=O)N=c2sc3cc(C)cc(C)c3n2C)cc1. The normalized spacial score (nSPS) is 11.9. The van der Waals surface area contributed by atoms with Crippen molar-refractivity contribution in [1.82, 2.24) is 4.57 Å². The largest absolute Gasteiger partial charge is 0.497 e. The summed E-state index contributed by atoms with van der Waals surface area (Å²) in [7, 11) is 3.55. The summed E-state index contributed by atoms with van der Waals surface area (Å²) >= 11 is 1.53. The van der Waals surface area contributed by atoms with Gasteiger partial charge >= 0.3 is 0 Å². The Morgan fingerprint density at radius 1 is 1.17 bits per heavy atom. The second kappa shape index (κ2) is 6.01. The van der Waals surface area contributed by atoms with E-state index in [1.165, 1.54) is 22.5 Å². The molecule has 118 valence electrons. The number of nitrogens with zero attached hydrogens (tertiary/aromatic N) is 2. The zero-order chi connectivity index (χ0) is 16.6. The second-order valence-corrected chi connectivity index (χ2v) is 6.53. The van der Waals surface area contributed by atoms with E-state index < -0.39 is 0 Å². The van der Waals surface area contributed by atoms with Crippen molar-refractivity contribution in [2.75, 3.05) is 7.11 Å². The van der Waals surface area contributed by atoms with E-state index in [1.54, 1.807) is 31.4 Å². The molecule has 23 heavy (non-hydrogen) atoms. The van der Waals surface area contributed by atoms with E-state index in [0.29, 0.717) is 10.4 Å². The number of thiazole rings is 1. The fraction of sp³-hybridized carbons (Fsp3) is 0.222. The van der Waals surface area contributed by atoms with Gasteiger partial charge in [0.05, 0.1) is 17.3 Å².